The lowest BCUT2D eigenvalue weighted by atomic mass is 9.82. The Morgan fingerprint density at radius 3 is 1.54 bits per heavy atom. The molecule has 0 N–H and O–H groups in total. The summed E-state index contributed by atoms with van der Waals surface area (Å²) in [6, 6.07) is 52.6. The Kier molecular flexibility index (Phi) is 5.42. The molecule has 7 rings (SSSR count). The van der Waals surface area contributed by atoms with Gasteiger partial charge in [-0.2, -0.15) is 0 Å². The fraction of sp³-hybridized carbons (Fsp3) is 0. The van der Waals surface area contributed by atoms with E-state index in [0.29, 0.717) is 0 Å². The highest BCUT2D eigenvalue weighted by molar-refractivity contribution is 7.26. The van der Waals surface area contributed by atoms with Gasteiger partial charge in [-0.3, -0.25) is 0 Å². The van der Waals surface area contributed by atoms with Crippen molar-refractivity contribution < 1.29 is 0 Å². The molecule has 0 unspecified atom stereocenters. The molecular weight excluding hydrogens is 464 g/mol. The van der Waals surface area contributed by atoms with Crippen molar-refractivity contribution in [1.29, 1.82) is 0 Å². The molecule has 0 saturated heterocycles. The van der Waals surface area contributed by atoms with Crippen molar-refractivity contribution in [2.45, 2.75) is 0 Å². The molecule has 1 heterocycles. The van der Waals surface area contributed by atoms with E-state index in [4.69, 9.17) is 0 Å². The minimum Gasteiger partial charge on any atom is -0.135 e. The molecule has 0 aliphatic heterocycles. The van der Waals surface area contributed by atoms with Crippen LogP contribution in [0.1, 0.15) is 0 Å². The number of fused-ring (bicyclic) bond motifs is 3. The molecule has 0 radical (unpaired) electrons. The van der Waals surface area contributed by atoms with E-state index in [1.165, 1.54) is 64.7 Å². The van der Waals surface area contributed by atoms with Gasteiger partial charge in [0.1, 0.15) is 0 Å². The van der Waals surface area contributed by atoms with Gasteiger partial charge < -0.3 is 0 Å². The molecule has 37 heavy (non-hydrogen) atoms. The molecule has 0 aliphatic rings. The summed E-state index contributed by atoms with van der Waals surface area (Å²) in [6.07, 6.45) is 0. The summed E-state index contributed by atoms with van der Waals surface area (Å²) in [7, 11) is 0. The maximum Gasteiger partial charge on any atom is 0.0368 e. The molecule has 1 aromatic heterocycles. The van der Waals surface area contributed by atoms with Gasteiger partial charge in [0.15, 0.2) is 0 Å². The van der Waals surface area contributed by atoms with Crippen LogP contribution in [0.25, 0.3) is 64.7 Å². The van der Waals surface area contributed by atoms with Crippen molar-refractivity contribution in [3.05, 3.63) is 146 Å². The van der Waals surface area contributed by atoms with Crippen LogP contribution in [0.5, 0.6) is 0 Å². The van der Waals surface area contributed by atoms with Crippen LogP contribution in [0, 0.1) is 0 Å². The minimum absolute atomic E-state index is 1.23. The lowest BCUT2D eigenvalue weighted by molar-refractivity contribution is 1.58. The van der Waals surface area contributed by atoms with Crippen molar-refractivity contribution in [2.24, 2.45) is 0 Å². The minimum atomic E-state index is 1.23. The first kappa shape index (κ1) is 21.8. The van der Waals surface area contributed by atoms with E-state index in [0.717, 1.165) is 0 Å². The Labute approximate surface area is 221 Å². The summed E-state index contributed by atoms with van der Waals surface area (Å²) in [4.78, 5) is 0. The smallest absolute Gasteiger partial charge is 0.0368 e. The van der Waals surface area contributed by atoms with Gasteiger partial charge in [0.25, 0.3) is 0 Å². The standard InChI is InChI=1S/C36H24S/c1-4-14-25(15-5-1)28-20-10-11-21-29(28)36-34(27-18-8-3-9-19-27)31(26-16-6-2-7-17-26)24-33-35(36)30-22-12-13-23-32(30)37-33/h1-24H. The molecule has 0 nitrogen and oxygen atoms in total. The molecule has 0 saturated carbocycles. The molecule has 0 atom stereocenters. The zero-order chi connectivity index (χ0) is 24.6. The zero-order valence-corrected chi connectivity index (χ0v) is 21.1. The lowest BCUT2D eigenvalue weighted by Crippen LogP contribution is -1.94. The van der Waals surface area contributed by atoms with Crippen molar-refractivity contribution >= 4 is 31.5 Å². The van der Waals surface area contributed by atoms with Gasteiger partial charge in [-0.25, -0.2) is 0 Å². The third-order valence-electron chi connectivity index (χ3n) is 7.10. The number of hydrogen-bond acceptors (Lipinski definition) is 1. The van der Waals surface area contributed by atoms with Crippen molar-refractivity contribution in [2.75, 3.05) is 0 Å². The number of hydrogen-bond donors (Lipinski definition) is 0. The van der Waals surface area contributed by atoms with E-state index in [-0.39, 0.29) is 0 Å². The highest BCUT2D eigenvalue weighted by Gasteiger charge is 2.22. The van der Waals surface area contributed by atoms with Gasteiger partial charge in [0, 0.05) is 25.7 Å². The van der Waals surface area contributed by atoms with Gasteiger partial charge in [-0.1, -0.05) is 133 Å². The maximum absolute atomic E-state index is 2.41. The van der Waals surface area contributed by atoms with E-state index in [1.807, 2.05) is 11.3 Å². The summed E-state index contributed by atoms with van der Waals surface area (Å²) in [5.74, 6) is 0. The third-order valence-corrected chi connectivity index (χ3v) is 8.21. The summed E-state index contributed by atoms with van der Waals surface area (Å²) >= 11 is 1.88. The monoisotopic (exact) mass is 488 g/mol. The fourth-order valence-electron chi connectivity index (χ4n) is 5.48. The zero-order valence-electron chi connectivity index (χ0n) is 20.3. The Hall–Kier alpha value is -4.46. The summed E-state index contributed by atoms with van der Waals surface area (Å²) in [5.41, 5.74) is 10.1. The van der Waals surface area contributed by atoms with Gasteiger partial charge in [0.05, 0.1) is 0 Å². The van der Waals surface area contributed by atoms with Crippen LogP contribution >= 0.6 is 11.3 Å². The van der Waals surface area contributed by atoms with Crippen LogP contribution in [0.2, 0.25) is 0 Å². The lowest BCUT2D eigenvalue weighted by Gasteiger charge is -2.20. The Bertz CT molecular complexity index is 1850. The summed E-state index contributed by atoms with van der Waals surface area (Å²) in [6.45, 7) is 0. The van der Waals surface area contributed by atoms with Gasteiger partial charge in [-0.15, -0.1) is 11.3 Å². The SMILES string of the molecule is c1ccc(-c2ccccc2-c2c(-c3ccccc3)c(-c3ccccc3)cc3sc4ccccc4c23)cc1. The molecule has 0 spiro atoms. The molecule has 174 valence electrons. The predicted molar refractivity (Wildman–Crippen MR) is 161 cm³/mol. The highest BCUT2D eigenvalue weighted by atomic mass is 32.1. The second-order valence-electron chi connectivity index (χ2n) is 9.29. The largest absolute Gasteiger partial charge is 0.135 e. The Balaban J connectivity index is 1.71. The molecular formula is C36H24S. The van der Waals surface area contributed by atoms with E-state index >= 15 is 0 Å². The second kappa shape index (κ2) is 9.20. The van der Waals surface area contributed by atoms with Crippen molar-refractivity contribution in [3.63, 3.8) is 0 Å². The number of benzene rings is 6. The normalized spacial score (nSPS) is 11.2. The van der Waals surface area contributed by atoms with E-state index in [1.54, 1.807) is 0 Å². The van der Waals surface area contributed by atoms with Gasteiger partial charge >= 0.3 is 0 Å². The summed E-state index contributed by atoms with van der Waals surface area (Å²) in [5, 5.41) is 2.65. The predicted octanol–water partition coefficient (Wildman–Crippen LogP) is 10.7. The summed E-state index contributed by atoms with van der Waals surface area (Å²) < 4.78 is 2.64. The molecule has 7 aromatic rings. The molecule has 0 bridgehead atoms. The molecule has 0 fully saturated rings. The quantitative estimate of drug-likeness (QED) is 0.231. The highest BCUT2D eigenvalue weighted by Crippen LogP contribution is 2.51. The maximum atomic E-state index is 2.41. The molecule has 6 aromatic carbocycles. The number of thiophene rings is 1. The average molecular weight is 489 g/mol. The number of rotatable bonds is 4. The van der Waals surface area contributed by atoms with Crippen LogP contribution in [-0.4, -0.2) is 0 Å². The van der Waals surface area contributed by atoms with Crippen LogP contribution in [0.4, 0.5) is 0 Å². The van der Waals surface area contributed by atoms with Crippen LogP contribution in [0.15, 0.2) is 146 Å². The van der Waals surface area contributed by atoms with Crippen LogP contribution in [0.3, 0.4) is 0 Å². The first-order valence-corrected chi connectivity index (χ1v) is 13.4. The van der Waals surface area contributed by atoms with Crippen LogP contribution < -0.4 is 0 Å². The van der Waals surface area contributed by atoms with E-state index < -0.39 is 0 Å². The van der Waals surface area contributed by atoms with Gasteiger partial charge in [0.2, 0.25) is 0 Å². The first-order chi connectivity index (χ1) is 18.4. The molecule has 0 aliphatic carbocycles. The van der Waals surface area contributed by atoms with Crippen molar-refractivity contribution in [1.82, 2.24) is 0 Å². The van der Waals surface area contributed by atoms with Crippen LogP contribution in [-0.2, 0) is 0 Å². The topological polar surface area (TPSA) is 0 Å². The molecule has 0 amide bonds. The van der Waals surface area contributed by atoms with Crippen molar-refractivity contribution in [3.8, 4) is 44.5 Å². The first-order valence-electron chi connectivity index (χ1n) is 12.6. The Morgan fingerprint density at radius 1 is 0.351 bits per heavy atom. The second-order valence-corrected chi connectivity index (χ2v) is 10.4. The average Bonchev–Trinajstić information content (AvgIpc) is 3.36. The van der Waals surface area contributed by atoms with E-state index in [2.05, 4.69) is 146 Å². The fourth-order valence-corrected chi connectivity index (χ4v) is 6.63. The van der Waals surface area contributed by atoms with Gasteiger partial charge in [-0.05, 0) is 51.1 Å². The third kappa shape index (κ3) is 3.76. The van der Waals surface area contributed by atoms with E-state index in [9.17, 15) is 0 Å². The Morgan fingerprint density at radius 2 is 0.865 bits per heavy atom. The molecule has 1 heteroatoms.